The molecule has 0 saturated carbocycles. The van der Waals surface area contributed by atoms with E-state index in [2.05, 4.69) is 9.97 Å². The molecule has 1 heterocycles. The fourth-order valence-electron chi connectivity index (χ4n) is 1.61. The van der Waals surface area contributed by atoms with Gasteiger partial charge in [0.15, 0.2) is 0 Å². The van der Waals surface area contributed by atoms with Gasteiger partial charge in [-0.1, -0.05) is 6.07 Å². The van der Waals surface area contributed by atoms with Crippen LogP contribution in [0.2, 0.25) is 0 Å². The van der Waals surface area contributed by atoms with Crippen LogP contribution >= 0.6 is 0 Å². The molecule has 0 saturated heterocycles. The Hall–Kier alpha value is -1.90. The predicted molar refractivity (Wildman–Crippen MR) is 58.6 cm³/mol. The van der Waals surface area contributed by atoms with E-state index in [0.717, 1.165) is 22.4 Å². The van der Waals surface area contributed by atoms with Gasteiger partial charge >= 0.3 is 0 Å². The highest BCUT2D eigenvalue weighted by Crippen LogP contribution is 2.27. The lowest BCUT2D eigenvalue weighted by Gasteiger charge is -2.07. The number of aromatic hydroxyl groups is 1. The van der Waals surface area contributed by atoms with E-state index < -0.39 is 0 Å². The van der Waals surface area contributed by atoms with Crippen molar-refractivity contribution in [1.82, 2.24) is 9.97 Å². The molecule has 1 N–H and O–H groups in total. The third-order valence-electron chi connectivity index (χ3n) is 2.41. The highest BCUT2D eigenvalue weighted by molar-refractivity contribution is 5.69. The van der Waals surface area contributed by atoms with Crippen LogP contribution in [-0.4, -0.2) is 15.1 Å². The number of aryl methyl sites for hydroxylation is 2. The lowest BCUT2D eigenvalue weighted by Crippen LogP contribution is -1.90. The molecule has 0 bridgehead atoms. The molecular formula is C12H12N2O. The van der Waals surface area contributed by atoms with Gasteiger partial charge in [0.2, 0.25) is 0 Å². The monoisotopic (exact) mass is 200 g/mol. The first-order valence-electron chi connectivity index (χ1n) is 4.75. The molecule has 76 valence electrons. The van der Waals surface area contributed by atoms with Gasteiger partial charge in [-0.25, -0.2) is 9.97 Å². The number of hydrogen-bond acceptors (Lipinski definition) is 3. The van der Waals surface area contributed by atoms with Gasteiger partial charge in [0.1, 0.15) is 12.1 Å². The minimum atomic E-state index is 0.283. The van der Waals surface area contributed by atoms with Crippen molar-refractivity contribution >= 4 is 0 Å². The highest BCUT2D eigenvalue weighted by atomic mass is 16.3. The lowest BCUT2D eigenvalue weighted by atomic mass is 10.0. The number of phenols is 1. The molecule has 0 aliphatic rings. The molecule has 0 unspecified atom stereocenters. The van der Waals surface area contributed by atoms with Crippen LogP contribution in [0.1, 0.15) is 11.3 Å². The second-order valence-electron chi connectivity index (χ2n) is 3.52. The van der Waals surface area contributed by atoms with Crippen LogP contribution in [0, 0.1) is 13.8 Å². The first-order chi connectivity index (χ1) is 7.18. The minimum absolute atomic E-state index is 0.283. The molecule has 0 radical (unpaired) electrons. The van der Waals surface area contributed by atoms with E-state index >= 15 is 0 Å². The third kappa shape index (κ3) is 1.81. The van der Waals surface area contributed by atoms with Crippen molar-refractivity contribution in [2.75, 3.05) is 0 Å². The first kappa shape index (κ1) is 9.65. The summed E-state index contributed by atoms with van der Waals surface area (Å²) >= 11 is 0. The van der Waals surface area contributed by atoms with Gasteiger partial charge in [-0.2, -0.15) is 0 Å². The Morgan fingerprint density at radius 1 is 1.13 bits per heavy atom. The normalized spacial score (nSPS) is 10.3. The van der Waals surface area contributed by atoms with Crippen molar-refractivity contribution < 1.29 is 5.11 Å². The average Bonchev–Trinajstić information content (AvgIpc) is 2.20. The fraction of sp³-hybridized carbons (Fsp3) is 0.167. The van der Waals surface area contributed by atoms with Gasteiger partial charge in [-0.05, 0) is 37.1 Å². The Morgan fingerprint density at radius 2 is 1.93 bits per heavy atom. The molecule has 15 heavy (non-hydrogen) atoms. The number of phenolic OH excluding ortho intramolecular Hbond substituents is 1. The summed E-state index contributed by atoms with van der Waals surface area (Å²) in [6, 6.07) is 5.30. The molecule has 3 heteroatoms. The summed E-state index contributed by atoms with van der Waals surface area (Å²) in [5, 5.41) is 9.32. The van der Waals surface area contributed by atoms with Crippen LogP contribution in [0.5, 0.6) is 5.75 Å². The molecule has 0 amide bonds. The summed E-state index contributed by atoms with van der Waals surface area (Å²) in [6.45, 7) is 3.91. The van der Waals surface area contributed by atoms with E-state index in [1.54, 1.807) is 18.3 Å². The maximum Gasteiger partial charge on any atom is 0.115 e. The smallest absolute Gasteiger partial charge is 0.115 e. The third-order valence-corrected chi connectivity index (χ3v) is 2.41. The van der Waals surface area contributed by atoms with Gasteiger partial charge in [0.05, 0.1) is 0 Å². The second-order valence-corrected chi connectivity index (χ2v) is 3.52. The van der Waals surface area contributed by atoms with Crippen LogP contribution in [0.15, 0.2) is 30.7 Å². The largest absolute Gasteiger partial charge is 0.508 e. The summed E-state index contributed by atoms with van der Waals surface area (Å²) in [5.74, 6) is 0.283. The molecular weight excluding hydrogens is 188 g/mol. The number of aromatic nitrogens is 2. The standard InChI is InChI=1S/C12H12N2O/c1-8-5-10(15)3-4-11(8)12-6-13-7-14-9(12)2/h3-7,15H,1-2H3. The zero-order valence-corrected chi connectivity index (χ0v) is 8.73. The van der Waals surface area contributed by atoms with Crippen LogP contribution < -0.4 is 0 Å². The van der Waals surface area contributed by atoms with E-state index in [9.17, 15) is 5.11 Å². The van der Waals surface area contributed by atoms with E-state index in [1.165, 1.54) is 6.33 Å². The van der Waals surface area contributed by atoms with E-state index in [-0.39, 0.29) is 5.75 Å². The molecule has 0 aliphatic carbocycles. The van der Waals surface area contributed by atoms with Gasteiger partial charge in [-0.15, -0.1) is 0 Å². The quantitative estimate of drug-likeness (QED) is 0.769. The van der Waals surface area contributed by atoms with Crippen molar-refractivity contribution in [2.24, 2.45) is 0 Å². The Bertz CT molecular complexity index is 495. The highest BCUT2D eigenvalue weighted by Gasteiger charge is 2.06. The van der Waals surface area contributed by atoms with Gasteiger partial charge < -0.3 is 5.11 Å². The summed E-state index contributed by atoms with van der Waals surface area (Å²) in [5.41, 5.74) is 4.03. The molecule has 0 spiro atoms. The predicted octanol–water partition coefficient (Wildman–Crippen LogP) is 2.47. The lowest BCUT2D eigenvalue weighted by molar-refractivity contribution is 0.475. The summed E-state index contributed by atoms with van der Waals surface area (Å²) < 4.78 is 0. The van der Waals surface area contributed by atoms with Gasteiger partial charge in [0.25, 0.3) is 0 Å². The Balaban J connectivity index is 2.60. The zero-order chi connectivity index (χ0) is 10.8. The summed E-state index contributed by atoms with van der Waals surface area (Å²) in [4.78, 5) is 8.16. The van der Waals surface area contributed by atoms with Crippen LogP contribution in [0.4, 0.5) is 0 Å². The van der Waals surface area contributed by atoms with Crippen molar-refractivity contribution in [3.63, 3.8) is 0 Å². The molecule has 2 aromatic rings. The van der Waals surface area contributed by atoms with E-state index in [4.69, 9.17) is 0 Å². The van der Waals surface area contributed by atoms with Crippen molar-refractivity contribution in [3.8, 4) is 16.9 Å². The Morgan fingerprint density at radius 3 is 2.60 bits per heavy atom. The Kier molecular flexibility index (Phi) is 2.37. The first-order valence-corrected chi connectivity index (χ1v) is 4.75. The molecule has 0 aliphatic heterocycles. The topological polar surface area (TPSA) is 46.0 Å². The number of benzene rings is 1. The molecule has 0 fully saturated rings. The van der Waals surface area contributed by atoms with Crippen molar-refractivity contribution in [3.05, 3.63) is 42.0 Å². The fourth-order valence-corrected chi connectivity index (χ4v) is 1.61. The number of rotatable bonds is 1. The minimum Gasteiger partial charge on any atom is -0.508 e. The van der Waals surface area contributed by atoms with Gasteiger partial charge in [-0.3, -0.25) is 0 Å². The Labute approximate surface area is 88.5 Å². The second kappa shape index (κ2) is 3.69. The maximum atomic E-state index is 9.32. The molecule has 3 nitrogen and oxygen atoms in total. The SMILES string of the molecule is Cc1cc(O)ccc1-c1cncnc1C. The van der Waals surface area contributed by atoms with Crippen LogP contribution in [0.25, 0.3) is 11.1 Å². The zero-order valence-electron chi connectivity index (χ0n) is 8.73. The van der Waals surface area contributed by atoms with Crippen molar-refractivity contribution in [2.45, 2.75) is 13.8 Å². The maximum absolute atomic E-state index is 9.32. The number of hydrogen-bond donors (Lipinski definition) is 1. The van der Waals surface area contributed by atoms with E-state index in [0.29, 0.717) is 0 Å². The molecule has 0 atom stereocenters. The number of nitrogens with zero attached hydrogens (tertiary/aromatic N) is 2. The van der Waals surface area contributed by atoms with Gasteiger partial charge in [0, 0.05) is 17.5 Å². The molecule has 1 aromatic carbocycles. The summed E-state index contributed by atoms with van der Waals surface area (Å²) in [6.07, 6.45) is 3.33. The van der Waals surface area contributed by atoms with Crippen LogP contribution in [-0.2, 0) is 0 Å². The molecule has 2 rings (SSSR count). The summed E-state index contributed by atoms with van der Waals surface area (Å²) in [7, 11) is 0. The van der Waals surface area contributed by atoms with E-state index in [1.807, 2.05) is 19.9 Å². The van der Waals surface area contributed by atoms with Crippen molar-refractivity contribution in [1.29, 1.82) is 0 Å². The molecule has 1 aromatic heterocycles. The average molecular weight is 200 g/mol. The van der Waals surface area contributed by atoms with Crippen LogP contribution in [0.3, 0.4) is 0 Å².